The van der Waals surface area contributed by atoms with E-state index in [4.69, 9.17) is 9.84 Å². The first kappa shape index (κ1) is 15.1. The second-order valence-electron chi connectivity index (χ2n) is 4.66. The lowest BCUT2D eigenvalue weighted by Crippen LogP contribution is -2.30. The molecule has 0 radical (unpaired) electrons. The van der Waals surface area contributed by atoms with Crippen LogP contribution in [0.4, 0.5) is 18.0 Å². The number of aliphatic carboxylic acids is 1. The van der Waals surface area contributed by atoms with E-state index in [1.807, 2.05) is 5.32 Å². The zero-order chi connectivity index (χ0) is 15.6. The van der Waals surface area contributed by atoms with Gasteiger partial charge in [-0.3, -0.25) is 4.79 Å². The van der Waals surface area contributed by atoms with E-state index < -0.39 is 36.1 Å². The second kappa shape index (κ2) is 5.63. The molecule has 1 saturated carbocycles. The molecule has 0 unspecified atom stereocenters. The molecule has 0 saturated heterocycles. The van der Waals surface area contributed by atoms with Gasteiger partial charge >= 0.3 is 18.2 Å². The summed E-state index contributed by atoms with van der Waals surface area (Å²) in [6.45, 7) is -0.103. The second-order valence-corrected chi connectivity index (χ2v) is 4.66. The summed E-state index contributed by atoms with van der Waals surface area (Å²) < 4.78 is 42.4. The van der Waals surface area contributed by atoms with Crippen LogP contribution in [0.25, 0.3) is 0 Å². The van der Waals surface area contributed by atoms with Gasteiger partial charge in [0, 0.05) is 0 Å². The fraction of sp³-hybridized carbons (Fsp3) is 0.385. The molecule has 0 aromatic heterocycles. The van der Waals surface area contributed by atoms with Gasteiger partial charge in [-0.2, -0.15) is 13.2 Å². The Kier molecular flexibility index (Phi) is 4.06. The summed E-state index contributed by atoms with van der Waals surface area (Å²) in [5.74, 6) is -5.32. The van der Waals surface area contributed by atoms with E-state index in [0.29, 0.717) is 5.56 Å². The average Bonchev–Trinajstić information content (AvgIpc) is 3.12. The fourth-order valence-corrected chi connectivity index (χ4v) is 2.11. The van der Waals surface area contributed by atoms with Gasteiger partial charge in [-0.25, -0.2) is 4.79 Å². The van der Waals surface area contributed by atoms with Crippen molar-refractivity contribution in [2.24, 2.45) is 11.8 Å². The minimum absolute atomic E-state index is 0.103. The predicted molar refractivity (Wildman–Crippen MR) is 64.2 cm³/mol. The van der Waals surface area contributed by atoms with Crippen molar-refractivity contribution in [3.8, 4) is 0 Å². The Morgan fingerprint density at radius 1 is 1.24 bits per heavy atom. The summed E-state index contributed by atoms with van der Waals surface area (Å²) in [6.07, 6.45) is -5.73. The Hall–Kier alpha value is -2.25. The minimum atomic E-state index is -4.67. The van der Waals surface area contributed by atoms with Gasteiger partial charge in [0.25, 0.3) is 0 Å². The number of nitrogens with one attached hydrogen (secondary N) is 1. The lowest BCUT2D eigenvalue weighted by molar-refractivity contribution is -0.160. The number of alkyl carbamates (subject to hydrolysis) is 1. The van der Waals surface area contributed by atoms with Crippen LogP contribution in [-0.2, 0) is 16.1 Å². The van der Waals surface area contributed by atoms with Crippen molar-refractivity contribution in [2.75, 3.05) is 0 Å². The summed E-state index contributed by atoms with van der Waals surface area (Å²) in [6, 6.07) is 7.09. The molecule has 0 aliphatic heterocycles. The highest BCUT2D eigenvalue weighted by Crippen LogP contribution is 2.50. The molecule has 0 bridgehead atoms. The van der Waals surface area contributed by atoms with Gasteiger partial charge in [-0.1, -0.05) is 30.3 Å². The lowest BCUT2D eigenvalue weighted by Gasteiger charge is -2.08. The van der Waals surface area contributed by atoms with Gasteiger partial charge in [0.1, 0.15) is 6.61 Å². The highest BCUT2D eigenvalue weighted by atomic mass is 19.4. The van der Waals surface area contributed by atoms with Crippen LogP contribution in [0.2, 0.25) is 0 Å². The number of amides is 1. The number of carboxylic acid groups (broad SMARTS) is 1. The maximum Gasteiger partial charge on any atom is 0.407 e. The lowest BCUT2D eigenvalue weighted by atomic mass is 10.2. The number of carbonyl (C=O) groups is 2. The van der Waals surface area contributed by atoms with Crippen molar-refractivity contribution in [3.63, 3.8) is 0 Å². The van der Waals surface area contributed by atoms with E-state index in [9.17, 15) is 22.8 Å². The molecule has 114 valence electrons. The molecule has 1 amide bonds. The standard InChI is InChI=1S/C13H12F3NO4/c14-13(15,16)9-8(11(18)19)10(9)17-12(20)21-6-7-4-2-1-3-5-7/h1-5,8-10H,6H2,(H,17,20)(H,18,19)/t8-,9-,10-/m1/s1. The van der Waals surface area contributed by atoms with Gasteiger partial charge in [0.15, 0.2) is 0 Å². The number of alkyl halides is 3. The molecule has 0 heterocycles. The number of carbonyl (C=O) groups excluding carboxylic acids is 1. The maximum absolute atomic E-state index is 12.5. The Balaban J connectivity index is 1.87. The van der Waals surface area contributed by atoms with Gasteiger partial charge < -0.3 is 15.2 Å². The molecule has 1 aromatic rings. The molecule has 0 spiro atoms. The number of halogens is 3. The monoisotopic (exact) mass is 303 g/mol. The number of hydrogen-bond donors (Lipinski definition) is 2. The quantitative estimate of drug-likeness (QED) is 0.894. The summed E-state index contributed by atoms with van der Waals surface area (Å²) in [4.78, 5) is 22.1. The molecule has 2 N–H and O–H groups in total. The third-order valence-corrected chi connectivity index (χ3v) is 3.18. The molecule has 1 aliphatic rings. The number of ether oxygens (including phenoxy) is 1. The summed E-state index contributed by atoms with van der Waals surface area (Å²) >= 11 is 0. The van der Waals surface area contributed by atoms with Crippen LogP contribution in [0.15, 0.2) is 30.3 Å². The molecular formula is C13H12F3NO4. The van der Waals surface area contributed by atoms with E-state index in [-0.39, 0.29) is 6.61 Å². The van der Waals surface area contributed by atoms with Crippen LogP contribution in [0.5, 0.6) is 0 Å². The zero-order valence-electron chi connectivity index (χ0n) is 10.6. The highest BCUT2D eigenvalue weighted by Gasteiger charge is 2.68. The van der Waals surface area contributed by atoms with Crippen molar-refractivity contribution in [1.82, 2.24) is 5.32 Å². The van der Waals surface area contributed by atoms with Crippen molar-refractivity contribution in [1.29, 1.82) is 0 Å². The fourth-order valence-electron chi connectivity index (χ4n) is 2.11. The van der Waals surface area contributed by atoms with Gasteiger partial charge in [0.2, 0.25) is 0 Å². The molecule has 2 rings (SSSR count). The van der Waals surface area contributed by atoms with Crippen molar-refractivity contribution >= 4 is 12.1 Å². The molecule has 3 atom stereocenters. The van der Waals surface area contributed by atoms with Gasteiger partial charge in [-0.05, 0) is 5.56 Å². The SMILES string of the molecule is O=C(N[C@@H]1[C@H](C(=O)O)[C@H]1C(F)(F)F)OCc1ccccc1. The number of benzene rings is 1. The summed E-state index contributed by atoms with van der Waals surface area (Å²) in [5, 5.41) is 10.6. The third-order valence-electron chi connectivity index (χ3n) is 3.18. The van der Waals surface area contributed by atoms with Crippen LogP contribution < -0.4 is 5.32 Å². The molecule has 5 nitrogen and oxygen atoms in total. The summed E-state index contributed by atoms with van der Waals surface area (Å²) in [7, 11) is 0. The Labute approximate surface area is 117 Å². The van der Waals surface area contributed by atoms with E-state index in [2.05, 4.69) is 0 Å². The number of carboxylic acids is 1. The maximum atomic E-state index is 12.5. The topological polar surface area (TPSA) is 75.6 Å². The van der Waals surface area contributed by atoms with Crippen LogP contribution >= 0.6 is 0 Å². The first-order chi connectivity index (χ1) is 9.80. The molecule has 1 aliphatic carbocycles. The van der Waals surface area contributed by atoms with Crippen molar-refractivity contribution in [3.05, 3.63) is 35.9 Å². The van der Waals surface area contributed by atoms with Crippen molar-refractivity contribution < 1.29 is 32.6 Å². The Morgan fingerprint density at radius 3 is 2.33 bits per heavy atom. The molecule has 1 fully saturated rings. The Bertz CT molecular complexity index is 532. The normalized spacial score (nSPS) is 24.2. The summed E-state index contributed by atoms with van der Waals surface area (Å²) in [5.41, 5.74) is 0.672. The van der Waals surface area contributed by atoms with E-state index in [0.717, 1.165) is 0 Å². The first-order valence-corrected chi connectivity index (χ1v) is 6.07. The van der Waals surface area contributed by atoms with Gasteiger partial charge in [0.05, 0.1) is 17.9 Å². The molecule has 21 heavy (non-hydrogen) atoms. The van der Waals surface area contributed by atoms with Crippen LogP contribution in [0.1, 0.15) is 5.56 Å². The van der Waals surface area contributed by atoms with E-state index in [1.54, 1.807) is 30.3 Å². The average molecular weight is 303 g/mol. The van der Waals surface area contributed by atoms with Crippen LogP contribution in [0.3, 0.4) is 0 Å². The van der Waals surface area contributed by atoms with E-state index >= 15 is 0 Å². The largest absolute Gasteiger partial charge is 0.481 e. The number of rotatable bonds is 4. The third kappa shape index (κ3) is 3.65. The molecule has 8 heteroatoms. The zero-order valence-corrected chi connectivity index (χ0v) is 10.6. The van der Waals surface area contributed by atoms with Crippen molar-refractivity contribution in [2.45, 2.75) is 18.8 Å². The van der Waals surface area contributed by atoms with Crippen LogP contribution in [-0.4, -0.2) is 29.4 Å². The van der Waals surface area contributed by atoms with Crippen LogP contribution in [0, 0.1) is 11.8 Å². The van der Waals surface area contributed by atoms with E-state index in [1.165, 1.54) is 0 Å². The Morgan fingerprint density at radius 2 is 1.86 bits per heavy atom. The highest BCUT2D eigenvalue weighted by molar-refractivity contribution is 5.78. The number of hydrogen-bond acceptors (Lipinski definition) is 3. The molecular weight excluding hydrogens is 291 g/mol. The van der Waals surface area contributed by atoms with Gasteiger partial charge in [-0.15, -0.1) is 0 Å². The predicted octanol–water partition coefficient (Wildman–Crippen LogP) is 2.17. The minimum Gasteiger partial charge on any atom is -0.481 e. The first-order valence-electron chi connectivity index (χ1n) is 6.07. The molecule has 1 aromatic carbocycles. The smallest absolute Gasteiger partial charge is 0.407 e.